The van der Waals surface area contributed by atoms with Gasteiger partial charge in [0, 0.05) is 121 Å². The Bertz CT molecular complexity index is 5060. The van der Waals surface area contributed by atoms with Gasteiger partial charge in [-0.3, -0.25) is 72.5 Å². The number of morpholine rings is 1. The van der Waals surface area contributed by atoms with Crippen molar-refractivity contribution in [3.8, 4) is 68.7 Å². The molecule has 11 heterocycles. The number of likely N-dealkylation sites (tertiary alicyclic amines) is 1. The molecule has 1 saturated carbocycles. The van der Waals surface area contributed by atoms with Gasteiger partial charge in [-0.1, -0.05) is 19.3 Å². The minimum atomic E-state index is -2.79. The van der Waals surface area contributed by atoms with Crippen molar-refractivity contribution < 1.29 is 27.9 Å². The van der Waals surface area contributed by atoms with Crippen LogP contribution in [0.4, 0.5) is 8.78 Å². The molecule has 3 amide bonds. The average molecular weight is 1420 g/mol. The molecule has 2 saturated heterocycles. The number of carbonyl (C=O) groups is 3. The number of hydrogen-bond acceptors (Lipinski definition) is 19. The predicted molar refractivity (Wildman–Crippen MR) is 388 cm³/mol. The van der Waals surface area contributed by atoms with Gasteiger partial charge in [0.05, 0.1) is 91.1 Å². The summed E-state index contributed by atoms with van der Waals surface area (Å²) in [7, 11) is 1.63. The molecule has 9 aromatic heterocycles. The number of alkyl halides is 2. The summed E-state index contributed by atoms with van der Waals surface area (Å²) in [5.41, 5.74) is 27.7. The Morgan fingerprint density at radius 1 is 0.587 bits per heavy atom. The van der Waals surface area contributed by atoms with Gasteiger partial charge >= 0.3 is 0 Å². The van der Waals surface area contributed by atoms with Crippen LogP contribution in [0.3, 0.4) is 0 Å². The van der Waals surface area contributed by atoms with Gasteiger partial charge in [0.1, 0.15) is 17.1 Å². The minimum absolute atomic E-state index is 0.0937. The van der Waals surface area contributed by atoms with Crippen LogP contribution in [0.1, 0.15) is 127 Å². The van der Waals surface area contributed by atoms with Gasteiger partial charge in [-0.05, 0) is 129 Å². The number of amides is 3. The van der Waals surface area contributed by atoms with E-state index in [2.05, 4.69) is 77.8 Å². The van der Waals surface area contributed by atoms with E-state index in [1.165, 1.54) is 50.0 Å². The van der Waals surface area contributed by atoms with Crippen molar-refractivity contribution in [2.45, 2.75) is 151 Å². The summed E-state index contributed by atoms with van der Waals surface area (Å²) in [5.74, 6) is -1.22. The van der Waals surface area contributed by atoms with E-state index in [1.807, 2.05) is 102 Å². The van der Waals surface area contributed by atoms with Gasteiger partial charge in [0.2, 0.25) is 17.7 Å². The number of nitrogens with one attached hydrogen (secondary N) is 3. The molecule has 104 heavy (non-hydrogen) atoms. The summed E-state index contributed by atoms with van der Waals surface area (Å²) in [6.45, 7) is 23.4. The third kappa shape index (κ3) is 15.3. The number of primary amides is 3. The zero-order valence-electron chi connectivity index (χ0n) is 60.1. The second-order valence-corrected chi connectivity index (χ2v) is 27.3. The molecular formula is C71H89F2N27O4. The average Bonchev–Trinajstić information content (AvgIpc) is 1.60. The fourth-order valence-electron chi connectivity index (χ4n) is 14.4. The summed E-state index contributed by atoms with van der Waals surface area (Å²) in [6, 6.07) is 17.6. The number of carbonyl (C=O) groups excluding carboxylic acids is 3. The molecule has 0 radical (unpaired) electrons. The molecule has 3 aromatic carbocycles. The maximum absolute atomic E-state index is 13.3. The number of fused-ring (bicyclic) bond motifs is 3. The first-order valence-corrected chi connectivity index (χ1v) is 35.5. The lowest BCUT2D eigenvalue weighted by molar-refractivity contribution is -0.00863. The van der Waals surface area contributed by atoms with E-state index in [0.717, 1.165) is 120 Å². The van der Waals surface area contributed by atoms with Gasteiger partial charge in [-0.25, -0.2) is 23.7 Å². The second-order valence-electron chi connectivity index (χ2n) is 27.3. The molecule has 12 aromatic rings. The molecule has 0 spiro atoms. The van der Waals surface area contributed by atoms with Crippen molar-refractivity contribution in [3.63, 3.8) is 0 Å². The van der Waals surface area contributed by atoms with E-state index >= 15 is 0 Å². The van der Waals surface area contributed by atoms with Crippen LogP contribution in [0.5, 0.6) is 0 Å². The molecule has 3 aliphatic rings. The van der Waals surface area contributed by atoms with Crippen molar-refractivity contribution in [1.82, 2.24) is 119 Å². The van der Waals surface area contributed by atoms with Gasteiger partial charge in [-0.15, -0.1) is 0 Å². The Balaban J connectivity index is 0.000000139. The van der Waals surface area contributed by atoms with E-state index < -0.39 is 23.6 Å². The minimum Gasteiger partial charge on any atom is -0.379 e. The number of aromatic amines is 3. The number of aromatic nitrogens is 21. The van der Waals surface area contributed by atoms with Crippen LogP contribution < -0.4 is 17.2 Å². The molecule has 2 aliphatic heterocycles. The molecule has 2 atom stereocenters. The molecule has 33 heteroatoms. The highest BCUT2D eigenvalue weighted by molar-refractivity contribution is 6.04. The Labute approximate surface area is 597 Å². The number of hydrogen-bond donors (Lipinski definition) is 6. The molecule has 15 rings (SSSR count). The van der Waals surface area contributed by atoms with Gasteiger partial charge < -0.3 is 21.9 Å². The summed E-state index contributed by atoms with van der Waals surface area (Å²) in [5, 5.41) is 52.1. The third-order valence-electron chi connectivity index (χ3n) is 19.5. The van der Waals surface area contributed by atoms with Gasteiger partial charge in [-0.2, -0.15) is 45.9 Å². The maximum atomic E-state index is 13.3. The lowest BCUT2D eigenvalue weighted by atomic mass is 9.89. The van der Waals surface area contributed by atoms with E-state index in [0.29, 0.717) is 101 Å². The lowest BCUT2D eigenvalue weighted by Crippen LogP contribution is -2.55. The summed E-state index contributed by atoms with van der Waals surface area (Å²) >= 11 is 0. The van der Waals surface area contributed by atoms with Crippen LogP contribution in [0, 0.1) is 20.8 Å². The Kier molecular flexibility index (Phi) is 20.8. The topological polar surface area (TPSA) is 380 Å². The number of aryl methyl sites for hydroxylation is 6. The van der Waals surface area contributed by atoms with E-state index in [-0.39, 0.29) is 18.2 Å². The van der Waals surface area contributed by atoms with Crippen molar-refractivity contribution in [2.75, 3.05) is 59.5 Å². The van der Waals surface area contributed by atoms with E-state index in [4.69, 9.17) is 37.0 Å². The first-order chi connectivity index (χ1) is 50.0. The number of H-pyrrole nitrogens is 3. The van der Waals surface area contributed by atoms with Crippen LogP contribution in [-0.2, 0) is 37.5 Å². The third-order valence-corrected chi connectivity index (χ3v) is 19.5. The number of likely N-dealkylation sites (N-methyl/N-ethyl adjacent to an activating group) is 1. The predicted octanol–water partition coefficient (Wildman–Crippen LogP) is 8.22. The molecule has 31 nitrogen and oxygen atoms in total. The van der Waals surface area contributed by atoms with Crippen LogP contribution in [0.15, 0.2) is 73.2 Å². The van der Waals surface area contributed by atoms with E-state index in [9.17, 15) is 23.2 Å². The quantitative estimate of drug-likeness (QED) is 0.0351. The highest BCUT2D eigenvalue weighted by atomic mass is 19.3. The summed E-state index contributed by atoms with van der Waals surface area (Å²) < 4.78 is 43.3. The maximum Gasteiger partial charge on any atom is 0.257 e. The Morgan fingerprint density at radius 2 is 1.02 bits per heavy atom. The van der Waals surface area contributed by atoms with Gasteiger partial charge in [0.25, 0.3) is 5.92 Å². The molecule has 3 fully saturated rings. The normalized spacial score (nSPS) is 15.8. The smallest absolute Gasteiger partial charge is 0.257 e. The molecule has 9 N–H and O–H groups in total. The fraction of sp³-hybridized carbons (Fsp3) is 0.451. The monoisotopic (exact) mass is 1420 g/mol. The van der Waals surface area contributed by atoms with Crippen LogP contribution in [0.25, 0.3) is 101 Å². The first kappa shape index (κ1) is 71.6. The molecule has 0 bridgehead atoms. The van der Waals surface area contributed by atoms with Gasteiger partial charge in [0.15, 0.2) is 34.9 Å². The number of nitrogens with two attached hydrogens (primary N) is 3. The second kappa shape index (κ2) is 30.3. The number of nitrogens with zero attached hydrogens (tertiary/aromatic N) is 21. The standard InChI is InChI=1S/C26H33N9O.C23H29N9O2.C22H27F2N9O/c1-3-34-23(11-16(2)32-34)26-29-25(30-31-26)20-12-17(24(27)36)13-22-21(20)14-28-35(22)15-19-9-10-33(19)18-7-5-4-6-8-18;1-4-31-20(9-14(2)29-31)23-26-22(27-28-23)17-10-16(21(24)33)11-19-18(17)12-25-32(19)15(3)13-30-5-7-34-8-6-30;1-5-32-18(8-13(2)30-32)21-27-20(28-29-21)15-9-14(19(25)34)10-17-16(15)11-26-33(17)7-6-31(4)12-22(3,23)24/h11-14,18-19H,3-10,15H2,1-2H3,(H2,27,36)(H,29,30,31);9-12,15H,4-8,13H2,1-3H3,(H2,24,33)(H,26,27,28);8-11H,5-7,12H2,1-4H3,(H2,25,34)(H,27,28,29). The molecule has 2 unspecified atom stereocenters. The number of rotatable bonds is 23. The van der Waals surface area contributed by atoms with Crippen molar-refractivity contribution >= 4 is 50.4 Å². The number of benzene rings is 3. The summed E-state index contributed by atoms with van der Waals surface area (Å²) in [6.07, 6.45) is 13.1. The highest BCUT2D eigenvalue weighted by Crippen LogP contribution is 2.36. The van der Waals surface area contributed by atoms with Crippen molar-refractivity contribution in [1.29, 1.82) is 0 Å². The first-order valence-electron chi connectivity index (χ1n) is 35.5. The van der Waals surface area contributed by atoms with E-state index in [1.54, 1.807) is 48.3 Å². The SMILES string of the molecule is CCn1nc(C)cc1-c1nc(-c2cc(C(N)=O)cc3c2cnn3C(C)CN2CCOCC2)n[nH]1.CCn1nc(C)cc1-c1nc(-c2cc(C(N)=O)cc3c2cnn3CC2CCN2C2CCCCC2)n[nH]1.CCn1nc(C)cc1-c1nc(-c2cc(C(N)=O)cc3c2cnn3CCN(C)CC(C)(F)F)n[nH]1. The summed E-state index contributed by atoms with van der Waals surface area (Å²) in [4.78, 5) is 57.2. The Hall–Kier alpha value is -10.8. The highest BCUT2D eigenvalue weighted by Gasteiger charge is 2.36. The molecule has 546 valence electrons. The van der Waals surface area contributed by atoms with Crippen molar-refractivity contribution in [2.24, 2.45) is 17.2 Å². The number of halogens is 2. The fourth-order valence-corrected chi connectivity index (χ4v) is 14.4. The molecule has 1 aliphatic carbocycles. The molecular weight excluding hydrogens is 1330 g/mol. The largest absolute Gasteiger partial charge is 0.379 e. The number of ether oxygens (including phenoxy) is 1. The zero-order valence-corrected chi connectivity index (χ0v) is 60.1. The lowest BCUT2D eigenvalue weighted by Gasteiger charge is -2.47. The Morgan fingerprint density at radius 3 is 1.45 bits per heavy atom. The van der Waals surface area contributed by atoms with Crippen molar-refractivity contribution in [3.05, 3.63) is 107 Å². The van der Waals surface area contributed by atoms with Crippen LogP contribution >= 0.6 is 0 Å². The van der Waals surface area contributed by atoms with Crippen LogP contribution in [0.2, 0.25) is 0 Å². The van der Waals surface area contributed by atoms with Crippen LogP contribution in [-0.4, -0.2) is 214 Å². The zero-order chi connectivity index (χ0) is 73.3.